The summed E-state index contributed by atoms with van der Waals surface area (Å²) in [5, 5.41) is 11.4. The van der Waals surface area contributed by atoms with E-state index in [4.69, 9.17) is 24.7 Å². The van der Waals surface area contributed by atoms with Crippen molar-refractivity contribution in [3.63, 3.8) is 0 Å². The fourth-order valence-corrected chi connectivity index (χ4v) is 5.59. The van der Waals surface area contributed by atoms with E-state index in [0.717, 1.165) is 22.4 Å². The number of aromatic nitrogens is 4. The molecule has 42 heavy (non-hydrogen) atoms. The van der Waals surface area contributed by atoms with Gasteiger partial charge in [-0.25, -0.2) is 4.98 Å². The summed E-state index contributed by atoms with van der Waals surface area (Å²) in [6, 6.07) is 27.5. The molecule has 1 fully saturated rings. The van der Waals surface area contributed by atoms with E-state index < -0.39 is 35.7 Å². The van der Waals surface area contributed by atoms with E-state index in [1.54, 1.807) is 11.7 Å². The first-order valence-corrected chi connectivity index (χ1v) is 13.4. The third-order valence-corrected chi connectivity index (χ3v) is 7.63. The molecule has 0 spiro atoms. The molecule has 2 aromatic heterocycles. The van der Waals surface area contributed by atoms with Crippen molar-refractivity contribution in [3.05, 3.63) is 118 Å². The van der Waals surface area contributed by atoms with Crippen LogP contribution in [0.15, 0.2) is 96.1 Å². The number of methoxy groups -OCH3 is 2. The largest absolute Gasteiger partial charge is 0.497 e. The Labute approximate surface area is 241 Å². The molecular formula is C31H31N5O6. The normalized spacial score (nSPS) is 20.6. The van der Waals surface area contributed by atoms with Crippen LogP contribution in [-0.4, -0.2) is 63.8 Å². The second-order valence-corrected chi connectivity index (χ2v) is 9.98. The smallest absolute Gasteiger partial charge is 0.280 e. The van der Waals surface area contributed by atoms with Gasteiger partial charge >= 0.3 is 0 Å². The average Bonchev–Trinajstić information content (AvgIpc) is 3.59. The number of nitrogens with one attached hydrogen (secondary N) is 1. The molecule has 4 atom stereocenters. The number of aromatic amines is 1. The number of hydrogen-bond acceptors (Lipinski definition) is 9. The summed E-state index contributed by atoms with van der Waals surface area (Å²) < 4.78 is 25.9. The Bertz CT molecular complexity index is 1670. The average molecular weight is 570 g/mol. The minimum Gasteiger partial charge on any atom is -0.497 e. The lowest BCUT2D eigenvalue weighted by atomic mass is 9.80. The second kappa shape index (κ2) is 11.4. The van der Waals surface area contributed by atoms with Gasteiger partial charge in [0, 0.05) is 7.11 Å². The number of H-pyrrole nitrogens is 1. The molecule has 0 amide bonds. The quantitative estimate of drug-likeness (QED) is 0.228. The lowest BCUT2D eigenvalue weighted by Crippen LogP contribution is -2.40. The van der Waals surface area contributed by atoms with Gasteiger partial charge in [0.15, 0.2) is 17.4 Å². The topological polar surface area (TPSA) is 147 Å². The van der Waals surface area contributed by atoms with Crippen LogP contribution < -0.4 is 16.0 Å². The zero-order valence-corrected chi connectivity index (χ0v) is 23.1. The zero-order valence-electron chi connectivity index (χ0n) is 23.1. The molecule has 11 nitrogen and oxygen atoms in total. The first kappa shape index (κ1) is 27.6. The van der Waals surface area contributed by atoms with Gasteiger partial charge < -0.3 is 29.8 Å². The number of benzene rings is 3. The van der Waals surface area contributed by atoms with Crippen LogP contribution in [0.5, 0.6) is 5.75 Å². The van der Waals surface area contributed by atoms with Crippen LogP contribution in [0.4, 0.5) is 5.95 Å². The summed E-state index contributed by atoms with van der Waals surface area (Å²) in [4.78, 5) is 23.2. The van der Waals surface area contributed by atoms with E-state index >= 15 is 0 Å². The van der Waals surface area contributed by atoms with Gasteiger partial charge in [-0.1, -0.05) is 72.8 Å². The molecule has 11 heteroatoms. The van der Waals surface area contributed by atoms with Crippen molar-refractivity contribution in [2.24, 2.45) is 0 Å². The van der Waals surface area contributed by atoms with Gasteiger partial charge in [0.25, 0.3) is 5.56 Å². The van der Waals surface area contributed by atoms with Gasteiger partial charge in [-0.3, -0.25) is 14.3 Å². The molecule has 0 aliphatic carbocycles. The molecule has 0 radical (unpaired) electrons. The first-order chi connectivity index (χ1) is 20.5. The fourth-order valence-electron chi connectivity index (χ4n) is 5.59. The first-order valence-electron chi connectivity index (χ1n) is 13.4. The number of ether oxygens (including phenoxy) is 4. The third kappa shape index (κ3) is 4.72. The second-order valence-electron chi connectivity index (χ2n) is 9.98. The highest BCUT2D eigenvalue weighted by atomic mass is 16.6. The summed E-state index contributed by atoms with van der Waals surface area (Å²) in [5.74, 6) is 0.659. The molecular weight excluding hydrogens is 538 g/mol. The summed E-state index contributed by atoms with van der Waals surface area (Å²) in [6.07, 6.45) is -2.10. The summed E-state index contributed by atoms with van der Waals surface area (Å²) >= 11 is 0. The Morgan fingerprint density at radius 3 is 2.19 bits per heavy atom. The number of nitrogens with zero attached hydrogens (tertiary/aromatic N) is 3. The molecule has 0 unspecified atom stereocenters. The number of hydrogen-bond donors (Lipinski definition) is 3. The van der Waals surface area contributed by atoms with Gasteiger partial charge in [0.1, 0.15) is 29.7 Å². The van der Waals surface area contributed by atoms with Crippen molar-refractivity contribution in [3.8, 4) is 5.75 Å². The Hall–Kier alpha value is -4.55. The molecule has 4 N–H and O–H groups in total. The summed E-state index contributed by atoms with van der Waals surface area (Å²) in [6.45, 7) is -0.00384. The molecule has 0 bridgehead atoms. The van der Waals surface area contributed by atoms with Crippen molar-refractivity contribution < 1.29 is 24.1 Å². The highest BCUT2D eigenvalue weighted by molar-refractivity contribution is 5.70. The van der Waals surface area contributed by atoms with Gasteiger partial charge in [-0.15, -0.1) is 0 Å². The van der Waals surface area contributed by atoms with Gasteiger partial charge in [0.05, 0.1) is 20.0 Å². The molecule has 3 aromatic carbocycles. The van der Waals surface area contributed by atoms with Crippen molar-refractivity contribution in [1.29, 1.82) is 0 Å². The summed E-state index contributed by atoms with van der Waals surface area (Å²) in [7, 11) is 3.11. The maximum Gasteiger partial charge on any atom is 0.280 e. The molecule has 216 valence electrons. The lowest BCUT2D eigenvalue weighted by molar-refractivity contribution is -0.0948. The number of anilines is 1. The van der Waals surface area contributed by atoms with Crippen molar-refractivity contribution in [2.75, 3.05) is 26.6 Å². The van der Waals surface area contributed by atoms with Gasteiger partial charge in [-0.2, -0.15) is 4.98 Å². The molecule has 0 saturated carbocycles. The Balaban J connectivity index is 1.39. The minimum absolute atomic E-state index is 0.00384. The van der Waals surface area contributed by atoms with Crippen LogP contribution in [0.3, 0.4) is 0 Å². The van der Waals surface area contributed by atoms with E-state index in [2.05, 4.69) is 15.0 Å². The zero-order chi connectivity index (χ0) is 29.3. The van der Waals surface area contributed by atoms with Gasteiger partial charge in [0.2, 0.25) is 5.95 Å². The number of nitrogens with two attached hydrogens (primary N) is 1. The number of aliphatic hydroxyl groups is 1. The predicted octanol–water partition coefficient (Wildman–Crippen LogP) is 2.99. The molecule has 1 saturated heterocycles. The highest BCUT2D eigenvalue weighted by Crippen LogP contribution is 2.42. The lowest BCUT2D eigenvalue weighted by Gasteiger charge is -2.37. The van der Waals surface area contributed by atoms with Crippen LogP contribution in [-0.2, 0) is 19.8 Å². The maximum atomic E-state index is 12.4. The Morgan fingerprint density at radius 1 is 0.976 bits per heavy atom. The predicted molar refractivity (Wildman–Crippen MR) is 155 cm³/mol. The van der Waals surface area contributed by atoms with Crippen LogP contribution in [0.2, 0.25) is 0 Å². The monoisotopic (exact) mass is 569 g/mol. The van der Waals surface area contributed by atoms with E-state index in [1.807, 2.05) is 84.9 Å². The van der Waals surface area contributed by atoms with E-state index in [1.165, 1.54) is 13.4 Å². The number of fused-ring (bicyclic) bond motifs is 1. The highest BCUT2D eigenvalue weighted by Gasteiger charge is 2.48. The van der Waals surface area contributed by atoms with Crippen molar-refractivity contribution >= 4 is 17.1 Å². The number of rotatable bonds is 9. The van der Waals surface area contributed by atoms with E-state index in [9.17, 15) is 9.90 Å². The number of aliphatic hydroxyl groups excluding tert-OH is 1. The van der Waals surface area contributed by atoms with Gasteiger partial charge in [-0.05, 0) is 28.8 Å². The van der Waals surface area contributed by atoms with Crippen LogP contribution in [0.1, 0.15) is 22.9 Å². The maximum absolute atomic E-state index is 12.4. The minimum atomic E-state index is -1.07. The molecule has 6 rings (SSSR count). The van der Waals surface area contributed by atoms with E-state index in [0.29, 0.717) is 0 Å². The van der Waals surface area contributed by atoms with Crippen molar-refractivity contribution in [2.45, 2.75) is 30.1 Å². The van der Waals surface area contributed by atoms with E-state index in [-0.39, 0.29) is 23.7 Å². The number of nitrogen functional groups attached to an aromatic ring is 1. The Morgan fingerprint density at radius 2 is 1.60 bits per heavy atom. The standard InChI is InChI=1S/C31H31N5O6/c1-39-22-15-13-21(14-16-22)31(19-9-5-3-6-10-19,20-11-7-4-8-12-20)41-17-23-25(37)26(40-2)29(42-23)36-18-33-24-27(36)34-30(32)35-28(24)38/h3-16,18,23,25-26,29,37H,17H2,1-2H3,(H3,32,34,35,38)/t23-,25-,26-,29-/m1/s1. The van der Waals surface area contributed by atoms with Crippen LogP contribution in [0.25, 0.3) is 11.2 Å². The number of imidazole rings is 1. The molecule has 1 aliphatic rings. The van der Waals surface area contributed by atoms with Crippen LogP contribution in [0, 0.1) is 0 Å². The fraction of sp³-hybridized carbons (Fsp3) is 0.258. The SMILES string of the molecule is COc1ccc(C(OC[C@H]2O[C@@H](n3cnc4c(=O)[nH]c(N)nc43)[C@H](OC)[C@@H]2O)(c2ccccc2)c2ccccc2)cc1. The summed E-state index contributed by atoms with van der Waals surface area (Å²) in [5.41, 5.74) is 7.25. The molecule has 3 heterocycles. The molecule has 1 aliphatic heterocycles. The molecule has 5 aromatic rings. The third-order valence-electron chi connectivity index (χ3n) is 7.63. The van der Waals surface area contributed by atoms with Crippen molar-refractivity contribution in [1.82, 2.24) is 19.5 Å². The Kier molecular flexibility index (Phi) is 7.48. The van der Waals surface area contributed by atoms with Crippen LogP contribution >= 0.6 is 0 Å².